The Labute approximate surface area is 109 Å². The molecular formula is C11H13ClN4S. The van der Waals surface area contributed by atoms with Crippen molar-refractivity contribution >= 4 is 28.8 Å². The van der Waals surface area contributed by atoms with Crippen LogP contribution in [-0.4, -0.2) is 15.2 Å². The topological polar surface area (TPSA) is 50.7 Å². The Morgan fingerprint density at radius 3 is 2.65 bits per heavy atom. The molecule has 17 heavy (non-hydrogen) atoms. The second-order valence-electron chi connectivity index (χ2n) is 3.81. The maximum absolute atomic E-state index is 5.89. The van der Waals surface area contributed by atoms with Gasteiger partial charge in [-0.15, -0.1) is 21.5 Å². The molecule has 0 saturated carbocycles. The van der Waals surface area contributed by atoms with E-state index in [0.717, 1.165) is 22.0 Å². The van der Waals surface area contributed by atoms with Crippen molar-refractivity contribution in [2.45, 2.75) is 27.3 Å². The summed E-state index contributed by atoms with van der Waals surface area (Å²) in [4.78, 5) is 5.49. The molecule has 0 aliphatic rings. The Morgan fingerprint density at radius 2 is 2.00 bits per heavy atom. The van der Waals surface area contributed by atoms with E-state index >= 15 is 0 Å². The molecule has 1 N–H and O–H groups in total. The fraction of sp³-hybridized carbons (Fsp3) is 0.364. The molecule has 0 aromatic carbocycles. The largest absolute Gasteiger partial charge is 0.362 e. The first-order valence-electron chi connectivity index (χ1n) is 5.22. The average molecular weight is 269 g/mol. The summed E-state index contributed by atoms with van der Waals surface area (Å²) in [6, 6.07) is 0. The lowest BCUT2D eigenvalue weighted by Crippen LogP contribution is -2.05. The van der Waals surface area contributed by atoms with Crippen LogP contribution < -0.4 is 5.32 Å². The maximum atomic E-state index is 5.89. The van der Waals surface area contributed by atoms with Crippen molar-refractivity contribution in [1.82, 2.24) is 15.2 Å². The van der Waals surface area contributed by atoms with Crippen molar-refractivity contribution < 1.29 is 0 Å². The van der Waals surface area contributed by atoms with Crippen LogP contribution in [0.1, 0.15) is 21.0 Å². The van der Waals surface area contributed by atoms with E-state index in [2.05, 4.69) is 20.5 Å². The third-order valence-electron chi connectivity index (χ3n) is 2.54. The van der Waals surface area contributed by atoms with Gasteiger partial charge in [0, 0.05) is 11.1 Å². The summed E-state index contributed by atoms with van der Waals surface area (Å²) < 4.78 is 0. The van der Waals surface area contributed by atoms with Crippen LogP contribution in [0.2, 0.25) is 5.15 Å². The number of halogens is 1. The van der Waals surface area contributed by atoms with Crippen LogP contribution in [0.25, 0.3) is 0 Å². The lowest BCUT2D eigenvalue weighted by Gasteiger charge is -2.08. The summed E-state index contributed by atoms with van der Waals surface area (Å²) >= 11 is 7.57. The van der Waals surface area contributed by atoms with Gasteiger partial charge in [-0.05, 0) is 31.9 Å². The van der Waals surface area contributed by atoms with E-state index in [1.54, 1.807) is 11.3 Å². The van der Waals surface area contributed by atoms with Crippen LogP contribution in [0.3, 0.4) is 0 Å². The van der Waals surface area contributed by atoms with Crippen molar-refractivity contribution in [3.05, 3.63) is 32.4 Å². The fourth-order valence-electron chi connectivity index (χ4n) is 1.39. The third kappa shape index (κ3) is 2.73. The molecule has 0 bridgehead atoms. The molecule has 0 amide bonds. The predicted molar refractivity (Wildman–Crippen MR) is 70.7 cm³/mol. The summed E-state index contributed by atoms with van der Waals surface area (Å²) in [6.45, 7) is 6.62. The van der Waals surface area contributed by atoms with Gasteiger partial charge in [0.05, 0.1) is 6.54 Å². The summed E-state index contributed by atoms with van der Waals surface area (Å²) in [6.07, 6.45) is 1.87. The van der Waals surface area contributed by atoms with E-state index < -0.39 is 0 Å². The summed E-state index contributed by atoms with van der Waals surface area (Å²) in [7, 11) is 0. The number of anilines is 1. The van der Waals surface area contributed by atoms with Crippen molar-refractivity contribution in [3.63, 3.8) is 0 Å². The monoisotopic (exact) mass is 268 g/mol. The first-order valence-corrected chi connectivity index (χ1v) is 6.42. The number of hydrogen-bond donors (Lipinski definition) is 1. The third-order valence-corrected chi connectivity index (χ3v) is 3.81. The molecule has 90 valence electrons. The van der Waals surface area contributed by atoms with E-state index in [4.69, 9.17) is 11.6 Å². The Bertz CT molecular complexity index is 538. The molecule has 0 saturated heterocycles. The summed E-state index contributed by atoms with van der Waals surface area (Å²) in [5.74, 6) is 0.764. The highest BCUT2D eigenvalue weighted by molar-refractivity contribution is 7.11. The van der Waals surface area contributed by atoms with E-state index in [0.29, 0.717) is 11.7 Å². The average Bonchev–Trinajstić information content (AvgIpc) is 2.71. The summed E-state index contributed by atoms with van der Waals surface area (Å²) in [5, 5.41) is 12.7. The number of hydrogen-bond acceptors (Lipinski definition) is 5. The Morgan fingerprint density at radius 1 is 1.24 bits per heavy atom. The van der Waals surface area contributed by atoms with Crippen LogP contribution in [0.15, 0.2) is 6.20 Å². The van der Waals surface area contributed by atoms with Gasteiger partial charge in [-0.25, -0.2) is 4.98 Å². The number of nitrogens with zero attached hydrogens (tertiary/aromatic N) is 3. The number of rotatable bonds is 3. The number of nitrogens with one attached hydrogen (secondary N) is 1. The molecule has 6 heteroatoms. The van der Waals surface area contributed by atoms with E-state index in [9.17, 15) is 0 Å². The minimum atomic E-state index is 0.457. The molecule has 0 fully saturated rings. The van der Waals surface area contributed by atoms with Gasteiger partial charge in [0.2, 0.25) is 0 Å². The van der Waals surface area contributed by atoms with Crippen LogP contribution in [-0.2, 0) is 6.54 Å². The van der Waals surface area contributed by atoms with Gasteiger partial charge in [-0.2, -0.15) is 0 Å². The van der Waals surface area contributed by atoms with Crippen molar-refractivity contribution in [1.29, 1.82) is 0 Å². The van der Waals surface area contributed by atoms with Crippen LogP contribution >= 0.6 is 22.9 Å². The van der Waals surface area contributed by atoms with Gasteiger partial charge in [-0.1, -0.05) is 11.6 Å². The highest BCUT2D eigenvalue weighted by Gasteiger charge is 2.08. The van der Waals surface area contributed by atoms with Gasteiger partial charge >= 0.3 is 0 Å². The molecule has 2 rings (SSSR count). The van der Waals surface area contributed by atoms with E-state index in [-0.39, 0.29) is 0 Å². The predicted octanol–water partition coefficient (Wildman–Crippen LogP) is 3.12. The van der Waals surface area contributed by atoms with Crippen molar-refractivity contribution in [2.75, 3.05) is 5.32 Å². The quantitative estimate of drug-likeness (QED) is 0.929. The van der Waals surface area contributed by atoms with Gasteiger partial charge in [0.15, 0.2) is 11.0 Å². The van der Waals surface area contributed by atoms with E-state index in [1.807, 2.05) is 27.0 Å². The van der Waals surface area contributed by atoms with Gasteiger partial charge in [0.25, 0.3) is 0 Å². The molecule has 0 spiro atoms. The van der Waals surface area contributed by atoms with Crippen LogP contribution in [0, 0.1) is 20.8 Å². The molecule has 0 atom stereocenters. The van der Waals surface area contributed by atoms with E-state index in [1.165, 1.54) is 4.88 Å². The molecule has 0 radical (unpaired) electrons. The Kier molecular flexibility index (Phi) is 3.59. The highest BCUT2D eigenvalue weighted by atomic mass is 35.5. The standard InChI is InChI=1S/C11H13ClN4S/c1-6-4-13-9(17-6)5-14-11-8(3)7(2)10(12)15-16-11/h4H,5H2,1-3H3,(H,14,16). The zero-order valence-corrected chi connectivity index (χ0v) is 11.5. The van der Waals surface area contributed by atoms with Crippen molar-refractivity contribution in [3.8, 4) is 0 Å². The van der Waals surface area contributed by atoms with Crippen LogP contribution in [0.5, 0.6) is 0 Å². The first-order chi connectivity index (χ1) is 8.08. The summed E-state index contributed by atoms with van der Waals surface area (Å²) in [5.41, 5.74) is 1.98. The Balaban J connectivity index is 2.12. The second-order valence-corrected chi connectivity index (χ2v) is 5.48. The minimum Gasteiger partial charge on any atom is -0.362 e. The zero-order valence-electron chi connectivity index (χ0n) is 9.91. The van der Waals surface area contributed by atoms with Gasteiger partial charge < -0.3 is 5.32 Å². The normalized spacial score (nSPS) is 10.6. The van der Waals surface area contributed by atoms with Gasteiger partial charge in [-0.3, -0.25) is 0 Å². The Hall–Kier alpha value is -1.20. The highest BCUT2D eigenvalue weighted by Crippen LogP contribution is 2.21. The second kappa shape index (κ2) is 4.98. The molecule has 2 heterocycles. The molecule has 0 aliphatic heterocycles. The number of aromatic nitrogens is 3. The lowest BCUT2D eigenvalue weighted by atomic mass is 10.2. The maximum Gasteiger partial charge on any atom is 0.155 e. The van der Waals surface area contributed by atoms with Crippen molar-refractivity contribution in [2.24, 2.45) is 0 Å². The number of aryl methyl sites for hydroxylation is 1. The fourth-order valence-corrected chi connectivity index (χ4v) is 2.29. The number of thiazole rings is 1. The molecule has 0 unspecified atom stereocenters. The smallest absolute Gasteiger partial charge is 0.155 e. The first kappa shape index (κ1) is 12.3. The van der Waals surface area contributed by atoms with Crippen LogP contribution in [0.4, 0.5) is 5.82 Å². The zero-order chi connectivity index (χ0) is 12.4. The lowest BCUT2D eigenvalue weighted by molar-refractivity contribution is 0.967. The molecular weight excluding hydrogens is 256 g/mol. The molecule has 4 nitrogen and oxygen atoms in total. The molecule has 2 aromatic rings. The van der Waals surface area contributed by atoms with Gasteiger partial charge in [0.1, 0.15) is 5.01 Å². The minimum absolute atomic E-state index is 0.457. The molecule has 2 aromatic heterocycles. The molecule has 0 aliphatic carbocycles. The SMILES string of the molecule is Cc1cnc(CNc2nnc(Cl)c(C)c2C)s1.